The summed E-state index contributed by atoms with van der Waals surface area (Å²) in [6, 6.07) is 4.27. The minimum Gasteiger partial charge on any atom is -0.387 e. The summed E-state index contributed by atoms with van der Waals surface area (Å²) in [5, 5.41) is 4.50. The maximum absolute atomic E-state index is 4.35. The number of aryl methyl sites for hydroxylation is 2. The van der Waals surface area contributed by atoms with Crippen molar-refractivity contribution in [1.82, 2.24) is 4.37 Å². The zero-order valence-electron chi connectivity index (χ0n) is 8.01. The van der Waals surface area contributed by atoms with Crippen LogP contribution in [0.25, 0.3) is 10.1 Å². The third-order valence-electron chi connectivity index (χ3n) is 2.27. The summed E-state index contributed by atoms with van der Waals surface area (Å²) in [5.74, 6) is 0. The lowest BCUT2D eigenvalue weighted by atomic mass is 10.1. The van der Waals surface area contributed by atoms with Gasteiger partial charge in [-0.3, -0.25) is 0 Å². The van der Waals surface area contributed by atoms with Gasteiger partial charge in [0.1, 0.15) is 0 Å². The average molecular weight is 192 g/mol. The summed E-state index contributed by atoms with van der Waals surface area (Å²) >= 11 is 1.56. The van der Waals surface area contributed by atoms with E-state index in [0.717, 1.165) is 5.69 Å². The minimum atomic E-state index is 1.12. The van der Waals surface area contributed by atoms with Gasteiger partial charge in [0.15, 0.2) is 0 Å². The first kappa shape index (κ1) is 8.51. The van der Waals surface area contributed by atoms with Crippen LogP contribution in [0.4, 0.5) is 5.69 Å². The second-order valence-electron chi connectivity index (χ2n) is 3.15. The lowest BCUT2D eigenvalue weighted by Gasteiger charge is -2.06. The van der Waals surface area contributed by atoms with E-state index in [1.54, 1.807) is 11.5 Å². The molecule has 1 heterocycles. The Morgan fingerprint density at radius 2 is 2.08 bits per heavy atom. The Kier molecular flexibility index (Phi) is 1.96. The van der Waals surface area contributed by atoms with Gasteiger partial charge < -0.3 is 5.32 Å². The number of nitrogens with zero attached hydrogens (tertiary/aromatic N) is 1. The number of anilines is 1. The van der Waals surface area contributed by atoms with Gasteiger partial charge in [-0.1, -0.05) is 6.07 Å². The van der Waals surface area contributed by atoms with Gasteiger partial charge in [0, 0.05) is 18.1 Å². The molecule has 2 nitrogen and oxygen atoms in total. The maximum Gasteiger partial charge on any atom is 0.0610 e. The molecule has 2 aromatic rings. The third-order valence-corrected chi connectivity index (χ3v) is 3.17. The van der Waals surface area contributed by atoms with Crippen molar-refractivity contribution >= 4 is 27.3 Å². The molecule has 2 rings (SSSR count). The summed E-state index contributed by atoms with van der Waals surface area (Å²) in [6.07, 6.45) is 0. The van der Waals surface area contributed by atoms with Crippen molar-refractivity contribution < 1.29 is 0 Å². The van der Waals surface area contributed by atoms with E-state index in [1.165, 1.54) is 21.3 Å². The summed E-state index contributed by atoms with van der Waals surface area (Å²) in [4.78, 5) is 0. The smallest absolute Gasteiger partial charge is 0.0610 e. The maximum atomic E-state index is 4.35. The quantitative estimate of drug-likeness (QED) is 0.751. The topological polar surface area (TPSA) is 24.9 Å². The third kappa shape index (κ3) is 1.20. The fraction of sp³-hybridized carbons (Fsp3) is 0.300. The lowest BCUT2D eigenvalue weighted by molar-refractivity contribution is 1.36. The van der Waals surface area contributed by atoms with E-state index in [0.29, 0.717) is 0 Å². The van der Waals surface area contributed by atoms with Gasteiger partial charge in [-0.2, -0.15) is 4.37 Å². The van der Waals surface area contributed by atoms with E-state index in [2.05, 4.69) is 35.7 Å². The Bertz CT molecular complexity index is 445. The van der Waals surface area contributed by atoms with Crippen molar-refractivity contribution in [3.05, 3.63) is 23.4 Å². The molecule has 0 aliphatic heterocycles. The molecular weight excluding hydrogens is 180 g/mol. The summed E-state index contributed by atoms with van der Waals surface area (Å²) in [6.45, 7) is 4.17. The Hall–Kier alpha value is -1.09. The zero-order chi connectivity index (χ0) is 9.42. The number of hydrogen-bond acceptors (Lipinski definition) is 3. The predicted octanol–water partition coefficient (Wildman–Crippen LogP) is 2.95. The van der Waals surface area contributed by atoms with Crippen LogP contribution in [-0.4, -0.2) is 11.4 Å². The molecule has 0 radical (unpaired) electrons. The Balaban J connectivity index is 2.88. The van der Waals surface area contributed by atoms with Crippen molar-refractivity contribution in [1.29, 1.82) is 0 Å². The van der Waals surface area contributed by atoms with Crippen LogP contribution in [0.1, 0.15) is 11.3 Å². The molecule has 0 bridgehead atoms. The van der Waals surface area contributed by atoms with E-state index in [9.17, 15) is 0 Å². The van der Waals surface area contributed by atoms with Crippen LogP contribution in [0.5, 0.6) is 0 Å². The first-order valence-electron chi connectivity index (χ1n) is 4.27. The molecule has 0 spiro atoms. The average Bonchev–Trinajstić information content (AvgIpc) is 2.49. The lowest BCUT2D eigenvalue weighted by Crippen LogP contribution is -1.92. The van der Waals surface area contributed by atoms with Crippen LogP contribution in [0, 0.1) is 13.8 Å². The fourth-order valence-corrected chi connectivity index (χ4v) is 2.40. The van der Waals surface area contributed by atoms with Crippen molar-refractivity contribution in [3.8, 4) is 0 Å². The normalized spacial score (nSPS) is 10.7. The molecule has 0 amide bonds. The number of nitrogens with one attached hydrogen (secondary N) is 1. The first-order chi connectivity index (χ1) is 6.24. The molecule has 0 aliphatic carbocycles. The molecule has 13 heavy (non-hydrogen) atoms. The Morgan fingerprint density at radius 3 is 2.77 bits per heavy atom. The molecule has 68 valence electrons. The van der Waals surface area contributed by atoms with Crippen molar-refractivity contribution in [3.63, 3.8) is 0 Å². The van der Waals surface area contributed by atoms with Gasteiger partial charge in [-0.25, -0.2) is 0 Å². The minimum absolute atomic E-state index is 1.12. The van der Waals surface area contributed by atoms with Crippen LogP contribution in [0.2, 0.25) is 0 Å². The molecule has 3 heteroatoms. The first-order valence-corrected chi connectivity index (χ1v) is 5.04. The molecule has 1 N–H and O–H groups in total. The highest BCUT2D eigenvalue weighted by Crippen LogP contribution is 2.31. The Labute approximate surface area is 81.8 Å². The number of fused-ring (bicyclic) bond motifs is 1. The molecule has 1 aromatic heterocycles. The SMILES string of the molecule is CNc1c(C)ccc2snc(C)c12. The second-order valence-corrected chi connectivity index (χ2v) is 3.95. The van der Waals surface area contributed by atoms with Crippen molar-refractivity contribution in [2.24, 2.45) is 0 Å². The summed E-state index contributed by atoms with van der Waals surface area (Å²) < 4.78 is 5.60. The van der Waals surface area contributed by atoms with Crippen LogP contribution >= 0.6 is 11.5 Å². The monoisotopic (exact) mass is 192 g/mol. The van der Waals surface area contributed by atoms with Gasteiger partial charge in [-0.15, -0.1) is 0 Å². The molecule has 0 fully saturated rings. The van der Waals surface area contributed by atoms with Crippen LogP contribution in [0.15, 0.2) is 12.1 Å². The van der Waals surface area contributed by atoms with E-state index in [-0.39, 0.29) is 0 Å². The van der Waals surface area contributed by atoms with E-state index >= 15 is 0 Å². The number of benzene rings is 1. The molecule has 0 unspecified atom stereocenters. The fourth-order valence-electron chi connectivity index (χ4n) is 1.61. The molecule has 1 aromatic carbocycles. The largest absolute Gasteiger partial charge is 0.387 e. The van der Waals surface area contributed by atoms with E-state index < -0.39 is 0 Å². The van der Waals surface area contributed by atoms with Crippen LogP contribution in [-0.2, 0) is 0 Å². The van der Waals surface area contributed by atoms with Crippen molar-refractivity contribution in [2.75, 3.05) is 12.4 Å². The number of aromatic nitrogens is 1. The molecule has 0 aliphatic rings. The summed E-state index contributed by atoms with van der Waals surface area (Å²) in [5.41, 5.74) is 3.61. The number of hydrogen-bond donors (Lipinski definition) is 1. The molecular formula is C10H12N2S. The van der Waals surface area contributed by atoms with Gasteiger partial charge in [-0.05, 0) is 37.0 Å². The standard InChI is InChI=1S/C10H12N2S/c1-6-4-5-8-9(10(6)11-3)7(2)12-13-8/h4-5,11H,1-3H3. The molecule has 0 saturated heterocycles. The number of rotatable bonds is 1. The van der Waals surface area contributed by atoms with Gasteiger partial charge in [0.05, 0.1) is 10.4 Å². The predicted molar refractivity (Wildman–Crippen MR) is 58.6 cm³/mol. The molecule has 0 atom stereocenters. The highest BCUT2D eigenvalue weighted by atomic mass is 32.1. The van der Waals surface area contributed by atoms with Gasteiger partial charge >= 0.3 is 0 Å². The van der Waals surface area contributed by atoms with E-state index in [4.69, 9.17) is 0 Å². The van der Waals surface area contributed by atoms with Gasteiger partial charge in [0.25, 0.3) is 0 Å². The van der Waals surface area contributed by atoms with Crippen LogP contribution in [0.3, 0.4) is 0 Å². The van der Waals surface area contributed by atoms with E-state index in [1.807, 2.05) is 7.05 Å². The van der Waals surface area contributed by atoms with Crippen molar-refractivity contribution in [2.45, 2.75) is 13.8 Å². The highest BCUT2D eigenvalue weighted by Gasteiger charge is 2.08. The summed E-state index contributed by atoms with van der Waals surface area (Å²) in [7, 11) is 1.96. The van der Waals surface area contributed by atoms with Crippen LogP contribution < -0.4 is 5.32 Å². The molecule has 0 saturated carbocycles. The zero-order valence-corrected chi connectivity index (χ0v) is 8.83. The Morgan fingerprint density at radius 1 is 1.31 bits per heavy atom. The highest BCUT2D eigenvalue weighted by molar-refractivity contribution is 7.13. The second kappa shape index (κ2) is 3.00. The van der Waals surface area contributed by atoms with Gasteiger partial charge in [0.2, 0.25) is 0 Å².